The summed E-state index contributed by atoms with van der Waals surface area (Å²) in [6.07, 6.45) is 0.991. The molecule has 0 amide bonds. The van der Waals surface area contributed by atoms with Gasteiger partial charge in [0.25, 0.3) is 5.69 Å². The van der Waals surface area contributed by atoms with E-state index in [9.17, 15) is 10.1 Å². The zero-order valence-corrected chi connectivity index (χ0v) is 19.0. The van der Waals surface area contributed by atoms with Crippen molar-refractivity contribution in [2.75, 3.05) is 20.8 Å². The molecule has 1 aromatic heterocycles. The summed E-state index contributed by atoms with van der Waals surface area (Å²) in [6.45, 7) is 1.28. The molecule has 3 aromatic carbocycles. The van der Waals surface area contributed by atoms with Crippen molar-refractivity contribution in [3.05, 3.63) is 93.2 Å². The van der Waals surface area contributed by atoms with Gasteiger partial charge >= 0.3 is 0 Å². The standard InChI is InChI=1S/C26H25N3O5/c1-32-20-8-9-23-22(14-20)21-11-12-27-25(26(21)28-23)16-3-10-24(33-2)17(13-16)15-34-19-6-4-18(5-7-19)29(30)31/h3-10,13-14,25,27-28H,11-12,15H2,1-2H3/p+1/t25-/m0/s1. The first-order chi connectivity index (χ1) is 16.6. The molecule has 0 radical (unpaired) electrons. The number of nitrogens with two attached hydrogens (primary N) is 1. The van der Waals surface area contributed by atoms with E-state index in [1.807, 2.05) is 12.1 Å². The topological polar surface area (TPSA) is 103 Å². The number of nitrogens with zero attached hydrogens (tertiary/aromatic N) is 1. The lowest BCUT2D eigenvalue weighted by Gasteiger charge is -2.22. The lowest BCUT2D eigenvalue weighted by molar-refractivity contribution is -0.690. The van der Waals surface area contributed by atoms with Gasteiger partial charge in [0.15, 0.2) is 6.04 Å². The highest BCUT2D eigenvalue weighted by Crippen LogP contribution is 2.34. The lowest BCUT2D eigenvalue weighted by Crippen LogP contribution is -2.87. The summed E-state index contributed by atoms with van der Waals surface area (Å²) in [5, 5.41) is 14.4. The number of aromatic amines is 1. The molecule has 0 spiro atoms. The Hall–Kier alpha value is -4.04. The van der Waals surface area contributed by atoms with Crippen LogP contribution < -0.4 is 19.5 Å². The van der Waals surface area contributed by atoms with Crippen LogP contribution in [0.1, 0.15) is 28.4 Å². The third-order valence-electron chi connectivity index (χ3n) is 6.36. The van der Waals surface area contributed by atoms with Gasteiger partial charge in [0.05, 0.1) is 31.4 Å². The smallest absolute Gasteiger partial charge is 0.269 e. The molecule has 0 aliphatic carbocycles. The Morgan fingerprint density at radius 3 is 2.56 bits per heavy atom. The summed E-state index contributed by atoms with van der Waals surface area (Å²) in [5.74, 6) is 2.16. The van der Waals surface area contributed by atoms with Gasteiger partial charge in [0, 0.05) is 40.6 Å². The van der Waals surface area contributed by atoms with Crippen LogP contribution >= 0.6 is 0 Å². The minimum atomic E-state index is -0.425. The number of hydrogen-bond acceptors (Lipinski definition) is 5. The van der Waals surface area contributed by atoms with Crippen LogP contribution in [0.25, 0.3) is 10.9 Å². The molecule has 0 unspecified atom stereocenters. The van der Waals surface area contributed by atoms with Gasteiger partial charge in [-0.2, -0.15) is 0 Å². The molecule has 3 N–H and O–H groups in total. The Balaban J connectivity index is 1.44. The van der Waals surface area contributed by atoms with Gasteiger partial charge in [-0.05, 0) is 54.1 Å². The summed E-state index contributed by atoms with van der Waals surface area (Å²) in [4.78, 5) is 14.1. The van der Waals surface area contributed by atoms with Gasteiger partial charge < -0.3 is 24.5 Å². The number of rotatable bonds is 7. The number of benzene rings is 3. The number of nitrogens with one attached hydrogen (secondary N) is 1. The average Bonchev–Trinajstić information content (AvgIpc) is 3.25. The second-order valence-corrected chi connectivity index (χ2v) is 8.29. The van der Waals surface area contributed by atoms with Crippen molar-refractivity contribution < 1.29 is 24.5 Å². The number of nitro benzene ring substituents is 1. The first kappa shape index (κ1) is 21.8. The molecule has 0 bridgehead atoms. The predicted molar refractivity (Wildman–Crippen MR) is 128 cm³/mol. The molecule has 0 saturated heterocycles. The zero-order chi connectivity index (χ0) is 23.7. The second-order valence-electron chi connectivity index (χ2n) is 8.29. The highest BCUT2D eigenvalue weighted by molar-refractivity contribution is 5.86. The Morgan fingerprint density at radius 1 is 1.03 bits per heavy atom. The van der Waals surface area contributed by atoms with Crippen molar-refractivity contribution in [2.45, 2.75) is 19.1 Å². The highest BCUT2D eigenvalue weighted by Gasteiger charge is 2.29. The Kier molecular flexibility index (Phi) is 5.81. The van der Waals surface area contributed by atoms with Crippen molar-refractivity contribution in [3.8, 4) is 17.2 Å². The van der Waals surface area contributed by atoms with E-state index in [2.05, 4.69) is 34.6 Å². The molecule has 2 heterocycles. The SMILES string of the molecule is COc1ccc2[nH]c3c(c2c1)CC[NH2+][C@H]3c1ccc(OC)c(COc2ccc([N+](=O)[O-])cc2)c1. The number of fused-ring (bicyclic) bond motifs is 3. The van der Waals surface area contributed by atoms with Gasteiger partial charge in [-0.3, -0.25) is 10.1 Å². The molecule has 5 rings (SSSR count). The fraction of sp³-hybridized carbons (Fsp3) is 0.231. The van der Waals surface area contributed by atoms with Crippen molar-refractivity contribution in [1.82, 2.24) is 4.98 Å². The van der Waals surface area contributed by atoms with Crippen LogP contribution in [-0.4, -0.2) is 30.7 Å². The predicted octanol–water partition coefficient (Wildman–Crippen LogP) is 3.88. The van der Waals surface area contributed by atoms with E-state index in [4.69, 9.17) is 14.2 Å². The fourth-order valence-electron chi connectivity index (χ4n) is 4.65. The Morgan fingerprint density at radius 2 is 1.82 bits per heavy atom. The van der Waals surface area contributed by atoms with E-state index in [1.165, 1.54) is 28.8 Å². The molecule has 1 aliphatic heterocycles. The van der Waals surface area contributed by atoms with E-state index in [1.54, 1.807) is 26.4 Å². The van der Waals surface area contributed by atoms with Gasteiger partial charge in [0.1, 0.15) is 23.9 Å². The number of quaternary nitrogens is 1. The van der Waals surface area contributed by atoms with E-state index >= 15 is 0 Å². The maximum absolute atomic E-state index is 10.9. The van der Waals surface area contributed by atoms with E-state index in [0.29, 0.717) is 5.75 Å². The maximum Gasteiger partial charge on any atom is 0.269 e. The third-order valence-corrected chi connectivity index (χ3v) is 6.36. The zero-order valence-electron chi connectivity index (χ0n) is 19.0. The Labute approximate surface area is 196 Å². The first-order valence-corrected chi connectivity index (χ1v) is 11.1. The summed E-state index contributed by atoms with van der Waals surface area (Å²) in [5.41, 5.74) is 5.76. The van der Waals surface area contributed by atoms with Gasteiger partial charge in [-0.15, -0.1) is 0 Å². The van der Waals surface area contributed by atoms with Gasteiger partial charge in [0.2, 0.25) is 0 Å². The van der Waals surface area contributed by atoms with Crippen molar-refractivity contribution in [1.29, 1.82) is 0 Å². The van der Waals surface area contributed by atoms with E-state index in [0.717, 1.165) is 41.1 Å². The van der Waals surface area contributed by atoms with Crippen LogP contribution in [0.2, 0.25) is 0 Å². The number of nitro groups is 1. The van der Waals surface area contributed by atoms with E-state index < -0.39 is 4.92 Å². The number of hydrogen-bond donors (Lipinski definition) is 2. The summed E-state index contributed by atoms with van der Waals surface area (Å²) >= 11 is 0. The summed E-state index contributed by atoms with van der Waals surface area (Å²) in [7, 11) is 3.33. The quantitative estimate of drug-likeness (QED) is 0.322. The number of aromatic nitrogens is 1. The largest absolute Gasteiger partial charge is 0.497 e. The number of ether oxygens (including phenoxy) is 3. The van der Waals surface area contributed by atoms with Gasteiger partial charge in [-0.25, -0.2) is 0 Å². The number of non-ortho nitro benzene ring substituents is 1. The molecule has 4 aromatic rings. The molecule has 1 aliphatic rings. The molecule has 34 heavy (non-hydrogen) atoms. The van der Waals surface area contributed by atoms with Crippen LogP contribution in [0.4, 0.5) is 5.69 Å². The Bertz CT molecular complexity index is 1350. The van der Waals surface area contributed by atoms with Crippen molar-refractivity contribution >= 4 is 16.6 Å². The molecule has 0 saturated carbocycles. The van der Waals surface area contributed by atoms with Crippen LogP contribution in [0, 0.1) is 10.1 Å². The lowest BCUT2D eigenvalue weighted by atomic mass is 9.93. The highest BCUT2D eigenvalue weighted by atomic mass is 16.6. The molecular formula is C26H26N3O5+. The normalized spacial score (nSPS) is 15.1. The molecule has 8 nitrogen and oxygen atoms in total. The summed E-state index contributed by atoms with van der Waals surface area (Å²) in [6, 6.07) is 18.5. The van der Waals surface area contributed by atoms with Crippen LogP contribution in [0.3, 0.4) is 0 Å². The van der Waals surface area contributed by atoms with Crippen LogP contribution in [0.15, 0.2) is 60.7 Å². The molecule has 1 atom stereocenters. The first-order valence-electron chi connectivity index (χ1n) is 11.1. The summed E-state index contributed by atoms with van der Waals surface area (Å²) < 4.78 is 16.9. The second kappa shape index (κ2) is 9.07. The monoisotopic (exact) mass is 460 g/mol. The molecule has 174 valence electrons. The van der Waals surface area contributed by atoms with Crippen molar-refractivity contribution in [2.24, 2.45) is 0 Å². The van der Waals surface area contributed by atoms with E-state index in [-0.39, 0.29) is 18.3 Å². The third kappa shape index (κ3) is 4.04. The minimum Gasteiger partial charge on any atom is -0.497 e. The molecule has 8 heteroatoms. The van der Waals surface area contributed by atoms with Gasteiger partial charge in [-0.1, -0.05) is 0 Å². The minimum absolute atomic E-state index is 0.0338. The number of methoxy groups -OCH3 is 2. The average molecular weight is 461 g/mol. The van der Waals surface area contributed by atoms with Crippen LogP contribution in [0.5, 0.6) is 17.2 Å². The fourth-order valence-corrected chi connectivity index (χ4v) is 4.65. The molecular weight excluding hydrogens is 434 g/mol. The van der Waals surface area contributed by atoms with Crippen molar-refractivity contribution in [3.63, 3.8) is 0 Å². The molecule has 0 fully saturated rings. The maximum atomic E-state index is 10.9. The van der Waals surface area contributed by atoms with Crippen LogP contribution in [-0.2, 0) is 13.0 Å². The number of H-pyrrole nitrogens is 1.